The molecule has 0 unspecified atom stereocenters. The molecule has 1 aromatic carbocycles. The lowest BCUT2D eigenvalue weighted by Gasteiger charge is -2.37. The zero-order chi connectivity index (χ0) is 17.8. The van der Waals surface area contributed by atoms with Crippen LogP contribution in [0.25, 0.3) is 0 Å². The van der Waals surface area contributed by atoms with Gasteiger partial charge < -0.3 is 4.52 Å². The van der Waals surface area contributed by atoms with Crippen molar-refractivity contribution in [1.29, 1.82) is 5.26 Å². The Morgan fingerprint density at radius 1 is 1.48 bits per heavy atom. The first-order valence-electron chi connectivity index (χ1n) is 8.45. The van der Waals surface area contributed by atoms with E-state index in [4.69, 9.17) is 9.78 Å². The summed E-state index contributed by atoms with van der Waals surface area (Å²) in [5, 5.41) is 12.8. The van der Waals surface area contributed by atoms with Gasteiger partial charge in [-0.25, -0.2) is 4.39 Å². The second-order valence-electron chi connectivity index (χ2n) is 6.59. The Morgan fingerprint density at radius 2 is 2.32 bits per heavy atom. The molecule has 0 N–H and O–H groups in total. The number of rotatable bonds is 5. The second kappa shape index (κ2) is 7.72. The largest absolute Gasteiger partial charge is 0.340 e. The molecule has 25 heavy (non-hydrogen) atoms. The predicted molar refractivity (Wildman–Crippen MR) is 89.9 cm³/mol. The normalized spacial score (nSPS) is 18.4. The maximum atomic E-state index is 14.1. The maximum absolute atomic E-state index is 14.1. The van der Waals surface area contributed by atoms with Crippen LogP contribution in [0.1, 0.15) is 35.7 Å². The lowest BCUT2D eigenvalue weighted by molar-refractivity contribution is 0.104. The van der Waals surface area contributed by atoms with Crippen LogP contribution in [0.5, 0.6) is 0 Å². The molecule has 0 radical (unpaired) electrons. The van der Waals surface area contributed by atoms with E-state index < -0.39 is 0 Å². The number of hydrogen-bond donors (Lipinski definition) is 0. The zero-order valence-electron chi connectivity index (χ0n) is 14.6. The van der Waals surface area contributed by atoms with Crippen LogP contribution in [0.2, 0.25) is 0 Å². The van der Waals surface area contributed by atoms with Gasteiger partial charge in [-0.1, -0.05) is 11.2 Å². The van der Waals surface area contributed by atoms with Crippen LogP contribution in [-0.2, 0) is 13.1 Å². The van der Waals surface area contributed by atoms with Crippen LogP contribution in [0.3, 0.4) is 0 Å². The van der Waals surface area contributed by atoms with Gasteiger partial charge in [0.15, 0.2) is 5.82 Å². The molecule has 1 saturated heterocycles. The number of halogens is 1. The molecule has 2 heterocycles. The van der Waals surface area contributed by atoms with E-state index >= 15 is 0 Å². The van der Waals surface area contributed by atoms with E-state index in [9.17, 15) is 4.39 Å². The third-order valence-electron chi connectivity index (χ3n) is 4.64. The van der Waals surface area contributed by atoms with Crippen molar-refractivity contribution < 1.29 is 8.91 Å². The number of benzene rings is 1. The molecule has 1 fully saturated rings. The molecule has 0 amide bonds. The van der Waals surface area contributed by atoms with Crippen LogP contribution in [-0.4, -0.2) is 46.1 Å². The van der Waals surface area contributed by atoms with E-state index in [1.807, 2.05) is 13.1 Å². The van der Waals surface area contributed by atoms with E-state index in [-0.39, 0.29) is 5.82 Å². The Hall–Kier alpha value is -2.30. The molecule has 2 aromatic rings. The van der Waals surface area contributed by atoms with Gasteiger partial charge in [-0.05, 0) is 38.6 Å². The van der Waals surface area contributed by atoms with E-state index in [0.717, 1.165) is 25.9 Å². The topological polar surface area (TPSA) is 69.2 Å². The van der Waals surface area contributed by atoms with Gasteiger partial charge in [0.2, 0.25) is 5.89 Å². The van der Waals surface area contributed by atoms with Gasteiger partial charge in [-0.2, -0.15) is 10.2 Å². The fourth-order valence-electron chi connectivity index (χ4n) is 3.28. The molecule has 0 aliphatic carbocycles. The van der Waals surface area contributed by atoms with Crippen LogP contribution in [0, 0.1) is 24.1 Å². The third-order valence-corrected chi connectivity index (χ3v) is 4.64. The summed E-state index contributed by atoms with van der Waals surface area (Å²) in [6, 6.07) is 6.97. The minimum atomic E-state index is -0.319. The van der Waals surface area contributed by atoms with Crippen molar-refractivity contribution >= 4 is 0 Å². The van der Waals surface area contributed by atoms with E-state index in [1.54, 1.807) is 19.1 Å². The standard InChI is InChI=1S/C18H22FN5O/c1-13-21-18(22-25-13)12-24-7-3-4-16(11-24)23(2)10-15-6-5-14(9-20)8-17(15)19/h5-6,8,16H,3-4,7,10-12H2,1-2H3/t16-/m0/s1. The van der Waals surface area contributed by atoms with Crippen molar-refractivity contribution in [3.05, 3.63) is 46.9 Å². The summed E-state index contributed by atoms with van der Waals surface area (Å²) in [6.07, 6.45) is 2.16. The Bertz CT molecular complexity index is 769. The van der Waals surface area contributed by atoms with Crippen LogP contribution in [0.15, 0.2) is 22.7 Å². The average Bonchev–Trinajstić information content (AvgIpc) is 3.01. The summed E-state index contributed by atoms with van der Waals surface area (Å²) in [7, 11) is 2.02. The summed E-state index contributed by atoms with van der Waals surface area (Å²) in [5.41, 5.74) is 0.968. The van der Waals surface area contributed by atoms with E-state index in [2.05, 4.69) is 19.9 Å². The highest BCUT2D eigenvalue weighted by Crippen LogP contribution is 2.20. The molecule has 3 rings (SSSR count). The molecule has 1 aliphatic rings. The third kappa shape index (κ3) is 4.41. The van der Waals surface area contributed by atoms with Gasteiger partial charge in [-0.15, -0.1) is 0 Å². The van der Waals surface area contributed by atoms with Crippen LogP contribution < -0.4 is 0 Å². The van der Waals surface area contributed by atoms with Crippen molar-refractivity contribution in [3.8, 4) is 6.07 Å². The SMILES string of the molecule is Cc1nc(CN2CCC[C@H](N(C)Cc3ccc(C#N)cc3F)C2)no1. The minimum Gasteiger partial charge on any atom is -0.340 e. The molecule has 1 aliphatic heterocycles. The number of hydrogen-bond acceptors (Lipinski definition) is 6. The predicted octanol–water partition coefficient (Wildman–Crippen LogP) is 2.49. The summed E-state index contributed by atoms with van der Waals surface area (Å²) in [6.45, 7) is 4.88. The van der Waals surface area contributed by atoms with Crippen molar-refractivity contribution in [2.24, 2.45) is 0 Å². The monoisotopic (exact) mass is 343 g/mol. The van der Waals surface area contributed by atoms with Crippen molar-refractivity contribution in [1.82, 2.24) is 19.9 Å². The van der Waals surface area contributed by atoms with Crippen molar-refractivity contribution in [2.45, 2.75) is 38.9 Å². The summed E-state index contributed by atoms with van der Waals surface area (Å²) < 4.78 is 19.1. The fraction of sp³-hybridized carbons (Fsp3) is 0.500. The molecular formula is C18H22FN5O. The number of likely N-dealkylation sites (tertiary alicyclic amines) is 1. The number of aromatic nitrogens is 2. The highest BCUT2D eigenvalue weighted by atomic mass is 19.1. The zero-order valence-corrected chi connectivity index (χ0v) is 14.6. The van der Waals surface area contributed by atoms with Crippen molar-refractivity contribution in [2.75, 3.05) is 20.1 Å². The Balaban J connectivity index is 1.60. The molecule has 0 saturated carbocycles. The molecule has 1 aromatic heterocycles. The van der Waals surface area contributed by atoms with Gasteiger partial charge in [0.05, 0.1) is 18.2 Å². The minimum absolute atomic E-state index is 0.319. The molecular weight excluding hydrogens is 321 g/mol. The first-order valence-corrected chi connectivity index (χ1v) is 8.45. The number of nitrogens with zero attached hydrogens (tertiary/aromatic N) is 5. The lowest BCUT2D eigenvalue weighted by Crippen LogP contribution is -2.46. The summed E-state index contributed by atoms with van der Waals surface area (Å²) >= 11 is 0. The number of aryl methyl sites for hydroxylation is 1. The quantitative estimate of drug-likeness (QED) is 0.831. The molecule has 0 bridgehead atoms. The number of likely N-dealkylation sites (N-methyl/N-ethyl adjacent to an activating group) is 1. The van der Waals surface area contributed by atoms with Gasteiger partial charge in [-0.3, -0.25) is 9.80 Å². The summed E-state index contributed by atoms with van der Waals surface area (Å²) in [5.74, 6) is 0.969. The van der Waals surface area contributed by atoms with Gasteiger partial charge in [0, 0.05) is 31.6 Å². The molecule has 6 nitrogen and oxygen atoms in total. The molecule has 1 atom stereocenters. The highest BCUT2D eigenvalue weighted by molar-refractivity contribution is 5.32. The number of nitriles is 1. The van der Waals surface area contributed by atoms with Crippen LogP contribution in [0.4, 0.5) is 4.39 Å². The average molecular weight is 343 g/mol. The van der Waals surface area contributed by atoms with Crippen molar-refractivity contribution in [3.63, 3.8) is 0 Å². The van der Waals surface area contributed by atoms with Gasteiger partial charge in [0.1, 0.15) is 5.82 Å². The van der Waals surface area contributed by atoms with Gasteiger partial charge in [0.25, 0.3) is 0 Å². The van der Waals surface area contributed by atoms with E-state index in [0.29, 0.717) is 42.0 Å². The Morgan fingerprint density at radius 3 is 3.00 bits per heavy atom. The molecule has 7 heteroatoms. The molecule has 132 valence electrons. The van der Waals surface area contributed by atoms with Crippen LogP contribution >= 0.6 is 0 Å². The van der Waals surface area contributed by atoms with E-state index in [1.165, 1.54) is 6.07 Å². The smallest absolute Gasteiger partial charge is 0.223 e. The first-order chi connectivity index (χ1) is 12.0. The Labute approximate surface area is 146 Å². The highest BCUT2D eigenvalue weighted by Gasteiger charge is 2.24. The first kappa shape index (κ1) is 17.5. The summed E-state index contributed by atoms with van der Waals surface area (Å²) in [4.78, 5) is 8.75. The lowest BCUT2D eigenvalue weighted by atomic mass is 10.0. The number of piperidine rings is 1. The second-order valence-corrected chi connectivity index (χ2v) is 6.59. The maximum Gasteiger partial charge on any atom is 0.223 e. The Kier molecular flexibility index (Phi) is 5.41. The van der Waals surface area contributed by atoms with Gasteiger partial charge >= 0.3 is 0 Å². The fourth-order valence-corrected chi connectivity index (χ4v) is 3.28. The molecule has 0 spiro atoms.